The average molecular weight is 432 g/mol. The second kappa shape index (κ2) is 8.41. The van der Waals surface area contributed by atoms with Gasteiger partial charge in [-0.2, -0.15) is 0 Å². The zero-order valence-corrected chi connectivity index (χ0v) is 18.5. The van der Waals surface area contributed by atoms with Gasteiger partial charge in [0.15, 0.2) is 0 Å². The lowest BCUT2D eigenvalue weighted by Crippen LogP contribution is -2.46. The summed E-state index contributed by atoms with van der Waals surface area (Å²) in [6.07, 6.45) is 2.54. The maximum Gasteiger partial charge on any atom is 0.230 e. The van der Waals surface area contributed by atoms with Crippen LogP contribution in [0.4, 0.5) is 11.4 Å². The van der Waals surface area contributed by atoms with Crippen molar-refractivity contribution in [3.05, 3.63) is 59.7 Å². The van der Waals surface area contributed by atoms with Crippen molar-refractivity contribution in [3.63, 3.8) is 0 Å². The predicted molar refractivity (Wildman–Crippen MR) is 123 cm³/mol. The third-order valence-electron chi connectivity index (χ3n) is 7.13. The molecule has 2 fully saturated rings. The third kappa shape index (κ3) is 3.78. The normalized spacial score (nSPS) is 21.2. The van der Waals surface area contributed by atoms with Crippen LogP contribution in [0.5, 0.6) is 0 Å². The van der Waals surface area contributed by atoms with Crippen molar-refractivity contribution in [1.29, 1.82) is 0 Å². The molecule has 6 nitrogen and oxygen atoms in total. The fourth-order valence-electron chi connectivity index (χ4n) is 5.24. The van der Waals surface area contributed by atoms with E-state index in [0.29, 0.717) is 32.5 Å². The number of nitrogens with zero attached hydrogens (tertiary/aromatic N) is 3. The van der Waals surface area contributed by atoms with E-state index < -0.39 is 0 Å². The Balaban J connectivity index is 1.18. The van der Waals surface area contributed by atoms with Gasteiger partial charge in [0.1, 0.15) is 0 Å². The zero-order chi connectivity index (χ0) is 22.2. The van der Waals surface area contributed by atoms with Crippen molar-refractivity contribution < 1.29 is 14.4 Å². The smallest absolute Gasteiger partial charge is 0.230 e. The number of hydrogen-bond acceptors (Lipinski definition) is 3. The highest BCUT2D eigenvalue weighted by Gasteiger charge is 2.39. The van der Waals surface area contributed by atoms with E-state index in [-0.39, 0.29) is 36.0 Å². The molecule has 0 aliphatic carbocycles. The van der Waals surface area contributed by atoms with Gasteiger partial charge in [0.2, 0.25) is 17.7 Å². The molecule has 2 aromatic carbocycles. The average Bonchev–Trinajstić information content (AvgIpc) is 3.42. The summed E-state index contributed by atoms with van der Waals surface area (Å²) in [5.74, 6) is -0.111. The highest BCUT2D eigenvalue weighted by molar-refractivity contribution is 6.00. The molecule has 0 bridgehead atoms. The third-order valence-corrected chi connectivity index (χ3v) is 7.13. The minimum Gasteiger partial charge on any atom is -0.342 e. The summed E-state index contributed by atoms with van der Waals surface area (Å²) in [5, 5.41) is 0. The van der Waals surface area contributed by atoms with E-state index in [1.165, 1.54) is 5.56 Å². The van der Waals surface area contributed by atoms with E-state index >= 15 is 0 Å². The summed E-state index contributed by atoms with van der Waals surface area (Å²) in [6.45, 7) is 4.36. The maximum atomic E-state index is 13.1. The lowest BCUT2D eigenvalue weighted by atomic mass is 9.94. The Morgan fingerprint density at radius 1 is 0.875 bits per heavy atom. The summed E-state index contributed by atoms with van der Waals surface area (Å²) in [6, 6.07) is 16.0. The minimum atomic E-state index is -0.304. The fraction of sp³-hybridized carbons (Fsp3) is 0.423. The number of likely N-dealkylation sites (tertiary alicyclic amines) is 1. The van der Waals surface area contributed by atoms with E-state index in [1.54, 1.807) is 4.90 Å². The molecule has 0 aromatic heterocycles. The summed E-state index contributed by atoms with van der Waals surface area (Å²) >= 11 is 0. The van der Waals surface area contributed by atoms with Crippen molar-refractivity contribution in [2.24, 2.45) is 11.8 Å². The van der Waals surface area contributed by atoms with Crippen LogP contribution in [-0.4, -0.2) is 48.8 Å². The molecule has 0 N–H and O–H groups in total. The number of amides is 3. The number of hydrogen-bond donors (Lipinski definition) is 0. The van der Waals surface area contributed by atoms with Gasteiger partial charge in [-0.05, 0) is 49.9 Å². The lowest BCUT2D eigenvalue weighted by molar-refractivity contribution is -0.138. The number of anilines is 2. The largest absolute Gasteiger partial charge is 0.342 e. The van der Waals surface area contributed by atoms with Crippen LogP contribution in [0.25, 0.3) is 0 Å². The summed E-state index contributed by atoms with van der Waals surface area (Å²) < 4.78 is 0. The molecule has 1 atom stereocenters. The maximum absolute atomic E-state index is 13.1. The Labute approximate surface area is 188 Å². The second-order valence-corrected chi connectivity index (χ2v) is 9.21. The molecule has 3 aliphatic heterocycles. The number of aryl methyl sites for hydroxylation is 1. The highest BCUT2D eigenvalue weighted by Crippen LogP contribution is 2.32. The molecule has 0 saturated carbocycles. The Morgan fingerprint density at radius 2 is 1.59 bits per heavy atom. The van der Waals surface area contributed by atoms with Crippen molar-refractivity contribution in [1.82, 2.24) is 4.90 Å². The number of carbonyl (C=O) groups is 3. The first kappa shape index (κ1) is 20.7. The number of benzene rings is 2. The molecule has 2 aromatic rings. The molecule has 0 radical (unpaired) electrons. The minimum absolute atomic E-state index is 0.00460. The van der Waals surface area contributed by atoms with E-state index in [9.17, 15) is 14.4 Å². The predicted octanol–water partition coefficient (Wildman–Crippen LogP) is 3.18. The molecular weight excluding hydrogens is 402 g/mol. The number of fused-ring (bicyclic) bond motifs is 1. The van der Waals surface area contributed by atoms with Crippen LogP contribution < -0.4 is 9.80 Å². The summed E-state index contributed by atoms with van der Waals surface area (Å²) in [7, 11) is 0. The van der Waals surface area contributed by atoms with Crippen LogP contribution in [-0.2, 0) is 20.8 Å². The van der Waals surface area contributed by atoms with Crippen LogP contribution in [0, 0.1) is 18.8 Å². The van der Waals surface area contributed by atoms with Gasteiger partial charge in [-0.15, -0.1) is 0 Å². The van der Waals surface area contributed by atoms with Gasteiger partial charge in [0.05, 0.1) is 5.92 Å². The van der Waals surface area contributed by atoms with Crippen molar-refractivity contribution in [2.45, 2.75) is 32.6 Å². The molecule has 2 saturated heterocycles. The molecule has 32 heavy (non-hydrogen) atoms. The SMILES string of the molecule is Cc1ccc(N2C[C@@H](C(=O)N3CCC(C(=O)N4CCc5ccccc54)CC3)CC2=O)cc1. The Kier molecular flexibility index (Phi) is 5.45. The van der Waals surface area contributed by atoms with Crippen molar-refractivity contribution in [2.75, 3.05) is 36.0 Å². The van der Waals surface area contributed by atoms with Gasteiger partial charge in [0.25, 0.3) is 0 Å². The van der Waals surface area contributed by atoms with E-state index in [2.05, 4.69) is 6.07 Å². The Morgan fingerprint density at radius 3 is 2.34 bits per heavy atom. The van der Waals surface area contributed by atoms with E-state index in [4.69, 9.17) is 0 Å². The van der Waals surface area contributed by atoms with Crippen molar-refractivity contribution in [3.8, 4) is 0 Å². The molecule has 3 heterocycles. The van der Waals surface area contributed by atoms with Crippen LogP contribution in [0.1, 0.15) is 30.4 Å². The topological polar surface area (TPSA) is 60.9 Å². The first-order chi connectivity index (χ1) is 15.5. The first-order valence-corrected chi connectivity index (χ1v) is 11.6. The van der Waals surface area contributed by atoms with Gasteiger partial charge in [0, 0.05) is 49.9 Å². The second-order valence-electron chi connectivity index (χ2n) is 9.21. The summed E-state index contributed by atoms with van der Waals surface area (Å²) in [5.41, 5.74) is 4.27. The molecule has 0 unspecified atom stereocenters. The molecule has 3 amide bonds. The first-order valence-electron chi connectivity index (χ1n) is 11.6. The summed E-state index contributed by atoms with van der Waals surface area (Å²) in [4.78, 5) is 44.3. The highest BCUT2D eigenvalue weighted by atomic mass is 16.2. The van der Waals surface area contributed by atoms with Gasteiger partial charge in [-0.3, -0.25) is 14.4 Å². The molecule has 166 valence electrons. The quantitative estimate of drug-likeness (QED) is 0.750. The molecule has 5 rings (SSSR count). The number of carbonyl (C=O) groups excluding carboxylic acids is 3. The van der Waals surface area contributed by atoms with E-state index in [0.717, 1.165) is 29.9 Å². The molecular formula is C26H29N3O3. The van der Waals surface area contributed by atoms with Gasteiger partial charge in [-0.1, -0.05) is 35.9 Å². The molecule has 6 heteroatoms. The fourth-order valence-corrected chi connectivity index (χ4v) is 5.24. The molecule has 3 aliphatic rings. The lowest BCUT2D eigenvalue weighted by Gasteiger charge is -2.34. The van der Waals surface area contributed by atoms with Gasteiger partial charge < -0.3 is 14.7 Å². The van der Waals surface area contributed by atoms with Gasteiger partial charge in [-0.25, -0.2) is 0 Å². The van der Waals surface area contributed by atoms with Crippen molar-refractivity contribution >= 4 is 29.1 Å². The monoisotopic (exact) mass is 431 g/mol. The van der Waals surface area contributed by atoms with E-state index in [1.807, 2.05) is 59.2 Å². The number of para-hydroxylation sites is 1. The van der Waals surface area contributed by atoms with Crippen LogP contribution >= 0.6 is 0 Å². The van der Waals surface area contributed by atoms with Crippen LogP contribution in [0.2, 0.25) is 0 Å². The number of rotatable bonds is 3. The van der Waals surface area contributed by atoms with Crippen LogP contribution in [0.15, 0.2) is 48.5 Å². The zero-order valence-electron chi connectivity index (χ0n) is 18.5. The molecule has 0 spiro atoms. The standard InChI is InChI=1S/C26H29N3O3/c1-18-6-8-22(9-7-18)29-17-21(16-24(29)30)25(31)27-13-10-20(11-14-27)26(32)28-15-12-19-4-2-3-5-23(19)28/h2-9,20-21H,10-17H2,1H3/t21-/m0/s1. The Hall–Kier alpha value is -3.15. The van der Waals surface area contributed by atoms with Gasteiger partial charge >= 0.3 is 0 Å². The van der Waals surface area contributed by atoms with Crippen LogP contribution in [0.3, 0.4) is 0 Å². The number of piperidine rings is 1. The Bertz CT molecular complexity index is 1040.